The second-order valence-corrected chi connectivity index (χ2v) is 19.3. The van der Waals surface area contributed by atoms with E-state index in [4.69, 9.17) is 28.4 Å². The van der Waals surface area contributed by atoms with Crippen molar-refractivity contribution in [1.82, 2.24) is 5.32 Å². The van der Waals surface area contributed by atoms with Crippen molar-refractivity contribution < 1.29 is 89.4 Å². The van der Waals surface area contributed by atoms with Crippen LogP contribution >= 0.6 is 0 Å². The molecule has 19 nitrogen and oxygen atoms in total. The summed E-state index contributed by atoms with van der Waals surface area (Å²) in [7, 11) is 0. The minimum absolute atomic E-state index is 0.181. The number of unbranched alkanes of at least 4 members (excludes halogenated alkanes) is 17. The molecule has 0 aromatic carbocycles. The smallest absolute Gasteiger partial charge is 0.220 e. The minimum Gasteiger partial charge on any atom is -0.394 e. The van der Waals surface area contributed by atoms with Crippen LogP contribution in [0.5, 0.6) is 0 Å². The number of carbonyl (C=O) groups is 1. The Morgan fingerprint density at radius 2 is 0.901 bits per heavy atom. The molecule has 0 aliphatic carbocycles. The van der Waals surface area contributed by atoms with E-state index in [1.54, 1.807) is 12.2 Å². The Morgan fingerprint density at radius 1 is 0.493 bits per heavy atom. The van der Waals surface area contributed by atoms with E-state index in [0.29, 0.717) is 12.8 Å². The van der Waals surface area contributed by atoms with Gasteiger partial charge in [-0.15, -0.1) is 0 Å². The Morgan fingerprint density at radius 3 is 1.38 bits per heavy atom. The topological polar surface area (TPSA) is 307 Å². The number of rotatable bonds is 37. The number of hydrogen-bond acceptors (Lipinski definition) is 18. The Hall–Kier alpha value is -1.99. The van der Waals surface area contributed by atoms with Crippen LogP contribution in [0.2, 0.25) is 0 Å². The highest BCUT2D eigenvalue weighted by molar-refractivity contribution is 5.76. The van der Waals surface area contributed by atoms with Gasteiger partial charge in [0.2, 0.25) is 5.91 Å². The molecule has 3 fully saturated rings. The van der Waals surface area contributed by atoms with Gasteiger partial charge in [0.1, 0.15) is 73.2 Å². The maximum atomic E-state index is 12.6. The van der Waals surface area contributed by atoms with Crippen molar-refractivity contribution in [1.29, 1.82) is 0 Å². The molecule has 71 heavy (non-hydrogen) atoms. The van der Waals surface area contributed by atoms with Crippen LogP contribution in [0.25, 0.3) is 0 Å². The Labute approximate surface area is 421 Å². The largest absolute Gasteiger partial charge is 0.394 e. The molecule has 3 heterocycles. The summed E-state index contributed by atoms with van der Waals surface area (Å²) in [6, 6.07) is -0.989. The maximum absolute atomic E-state index is 12.6. The molecule has 0 radical (unpaired) electrons. The maximum Gasteiger partial charge on any atom is 0.220 e. The van der Waals surface area contributed by atoms with Gasteiger partial charge in [-0.05, 0) is 44.9 Å². The highest BCUT2D eigenvalue weighted by Crippen LogP contribution is 2.33. The molecule has 0 saturated carbocycles. The van der Waals surface area contributed by atoms with Crippen LogP contribution in [0.3, 0.4) is 0 Å². The van der Waals surface area contributed by atoms with E-state index >= 15 is 0 Å². The third-order valence-corrected chi connectivity index (χ3v) is 13.4. The molecule has 17 atom stereocenters. The van der Waals surface area contributed by atoms with E-state index in [-0.39, 0.29) is 18.9 Å². The first-order valence-corrected chi connectivity index (χ1v) is 26.7. The Kier molecular flexibility index (Phi) is 32.9. The molecular weight excluding hydrogens is 927 g/mol. The van der Waals surface area contributed by atoms with Crippen molar-refractivity contribution in [2.24, 2.45) is 0 Å². The molecule has 3 aliphatic heterocycles. The summed E-state index contributed by atoms with van der Waals surface area (Å²) in [6.45, 7) is 1.28. The number of nitrogens with one attached hydrogen (secondary N) is 1. The predicted octanol–water partition coefficient (Wildman–Crippen LogP) is 2.59. The van der Waals surface area contributed by atoms with E-state index in [2.05, 4.69) is 36.5 Å². The van der Waals surface area contributed by atoms with Crippen molar-refractivity contribution >= 4 is 5.91 Å². The number of ether oxygens (including phenoxy) is 6. The zero-order valence-corrected chi connectivity index (χ0v) is 42.4. The van der Waals surface area contributed by atoms with Gasteiger partial charge in [-0.1, -0.05) is 140 Å². The minimum atomic E-state index is -1.98. The lowest BCUT2D eigenvalue weighted by Gasteiger charge is -2.48. The van der Waals surface area contributed by atoms with E-state index in [1.165, 1.54) is 96.3 Å². The molecule has 0 spiro atoms. The van der Waals surface area contributed by atoms with Gasteiger partial charge in [0.25, 0.3) is 0 Å². The van der Waals surface area contributed by atoms with E-state index in [1.807, 2.05) is 6.92 Å². The second-order valence-electron chi connectivity index (χ2n) is 19.3. The van der Waals surface area contributed by atoms with Gasteiger partial charge < -0.3 is 89.9 Å². The van der Waals surface area contributed by atoms with Gasteiger partial charge in [0.05, 0.1) is 38.6 Å². The molecule has 0 aromatic rings. The SMILES string of the molecule is CCCCCCCCCCCCCCCCC/C=C/CC/C=C/CC/C=C/C(O)C(COC1OC(CO)C(OC2OC(CO)C(OC3OC(CO)C(O)C(O)C3O)C(O)C2O)C(O)C1O)NC(=O)CCC. The lowest BCUT2D eigenvalue weighted by molar-refractivity contribution is -0.379. The lowest BCUT2D eigenvalue weighted by Crippen LogP contribution is -2.66. The van der Waals surface area contributed by atoms with Crippen LogP contribution in [0.1, 0.15) is 155 Å². The summed E-state index contributed by atoms with van der Waals surface area (Å²) < 4.78 is 33.8. The first kappa shape index (κ1) is 63.3. The molecule has 3 saturated heterocycles. The predicted molar refractivity (Wildman–Crippen MR) is 263 cm³/mol. The second kappa shape index (κ2) is 36.9. The fourth-order valence-corrected chi connectivity index (χ4v) is 8.97. The van der Waals surface area contributed by atoms with Crippen LogP contribution in [-0.4, -0.2) is 193 Å². The lowest BCUT2D eigenvalue weighted by atomic mass is 9.96. The number of aliphatic hydroxyl groups excluding tert-OH is 11. The van der Waals surface area contributed by atoms with Gasteiger partial charge in [0, 0.05) is 6.42 Å². The van der Waals surface area contributed by atoms with E-state index in [9.17, 15) is 61.0 Å². The number of allylic oxidation sites excluding steroid dienone is 5. The van der Waals surface area contributed by atoms with Gasteiger partial charge in [-0.25, -0.2) is 0 Å². The summed E-state index contributed by atoms with van der Waals surface area (Å²) in [4.78, 5) is 12.6. The van der Waals surface area contributed by atoms with Crippen molar-refractivity contribution in [3.63, 3.8) is 0 Å². The monoisotopic (exact) mass is 1020 g/mol. The highest BCUT2D eigenvalue weighted by atomic mass is 16.8. The average Bonchev–Trinajstić information content (AvgIpc) is 3.36. The van der Waals surface area contributed by atoms with Crippen molar-refractivity contribution in [3.8, 4) is 0 Å². The van der Waals surface area contributed by atoms with Gasteiger partial charge >= 0.3 is 0 Å². The van der Waals surface area contributed by atoms with Gasteiger partial charge in [0.15, 0.2) is 18.9 Å². The normalized spacial score (nSPS) is 32.5. The highest BCUT2D eigenvalue weighted by Gasteiger charge is 2.53. The molecule has 3 rings (SSSR count). The quantitative estimate of drug-likeness (QED) is 0.0314. The van der Waals surface area contributed by atoms with Crippen LogP contribution in [0.15, 0.2) is 36.5 Å². The zero-order chi connectivity index (χ0) is 52.0. The molecule has 3 aliphatic rings. The number of amides is 1. The molecule has 19 heteroatoms. The number of carbonyl (C=O) groups excluding carboxylic acids is 1. The average molecular weight is 1020 g/mol. The first-order chi connectivity index (χ1) is 34.3. The fraction of sp³-hybridized carbons (Fsp3) is 0.865. The molecule has 17 unspecified atom stereocenters. The van der Waals surface area contributed by atoms with Crippen LogP contribution in [0, 0.1) is 0 Å². The summed E-state index contributed by atoms with van der Waals surface area (Å²) >= 11 is 0. The molecule has 1 amide bonds. The van der Waals surface area contributed by atoms with Crippen LogP contribution in [-0.2, 0) is 33.2 Å². The molecule has 0 aromatic heterocycles. The standard InChI is InChI=1S/C52H93NO18/c1-3-5-6-7-8-9-10-11-12-13-14-15-16-17-18-19-20-21-22-23-24-25-26-27-28-30-36(57)35(53-40(58)29-4-2)34-66-50-46(64)43(61)48(38(32-55)68-50)71-52-47(65)44(62)49(39(33-56)69-52)70-51-45(63)42(60)41(59)37(31-54)67-51/h20-21,24-25,28,30,35-39,41-52,54-57,59-65H,3-19,22-23,26-27,29,31-34H2,1-2H3,(H,53,58)/b21-20+,25-24+,30-28+. The number of hydrogen-bond donors (Lipinski definition) is 12. The summed E-state index contributed by atoms with van der Waals surface area (Å²) in [6.07, 6.45) is 10.9. The summed E-state index contributed by atoms with van der Waals surface area (Å²) in [5, 5.41) is 119. The number of aliphatic hydroxyl groups is 11. The molecule has 12 N–H and O–H groups in total. The van der Waals surface area contributed by atoms with Crippen molar-refractivity contribution in [3.05, 3.63) is 36.5 Å². The molecule has 0 bridgehead atoms. The third-order valence-electron chi connectivity index (χ3n) is 13.4. The summed E-state index contributed by atoms with van der Waals surface area (Å²) in [5.74, 6) is -0.345. The van der Waals surface area contributed by atoms with Crippen molar-refractivity contribution in [2.45, 2.75) is 259 Å². The van der Waals surface area contributed by atoms with E-state index in [0.717, 1.165) is 25.7 Å². The van der Waals surface area contributed by atoms with Crippen molar-refractivity contribution in [2.75, 3.05) is 26.4 Å². The van der Waals surface area contributed by atoms with Crippen LogP contribution < -0.4 is 5.32 Å². The fourth-order valence-electron chi connectivity index (χ4n) is 8.97. The Balaban J connectivity index is 1.39. The zero-order valence-electron chi connectivity index (χ0n) is 42.4. The molecular formula is C52H93NO18. The third kappa shape index (κ3) is 22.4. The first-order valence-electron chi connectivity index (χ1n) is 26.7. The summed E-state index contributed by atoms with van der Waals surface area (Å²) in [5.41, 5.74) is 0. The molecule has 414 valence electrons. The van der Waals surface area contributed by atoms with Gasteiger partial charge in [-0.2, -0.15) is 0 Å². The Bertz CT molecular complexity index is 1450. The van der Waals surface area contributed by atoms with E-state index < -0.39 is 124 Å². The van der Waals surface area contributed by atoms with Gasteiger partial charge in [-0.3, -0.25) is 4.79 Å². The van der Waals surface area contributed by atoms with Crippen LogP contribution in [0.4, 0.5) is 0 Å².